The van der Waals surface area contributed by atoms with Crippen LogP contribution in [0.15, 0.2) is 22.9 Å². The van der Waals surface area contributed by atoms with E-state index < -0.39 is 12.0 Å². The van der Waals surface area contributed by atoms with Gasteiger partial charge in [-0.2, -0.15) is 0 Å². The molecule has 0 aliphatic rings. The van der Waals surface area contributed by atoms with Crippen LogP contribution in [0, 0.1) is 0 Å². The van der Waals surface area contributed by atoms with Gasteiger partial charge < -0.3 is 10.0 Å². The number of carbonyl (C=O) groups excluding carboxylic acids is 1. The fourth-order valence-electron chi connectivity index (χ4n) is 1.49. The molecule has 0 radical (unpaired) electrons. The highest BCUT2D eigenvalue weighted by atomic mass is 79.9. The van der Waals surface area contributed by atoms with E-state index >= 15 is 0 Å². The third-order valence-corrected chi connectivity index (χ3v) is 3.09. The normalized spacial score (nSPS) is 11.9. The second-order valence-corrected chi connectivity index (χ2v) is 4.39. The molecule has 0 spiro atoms. The van der Waals surface area contributed by atoms with Crippen molar-refractivity contribution in [1.82, 2.24) is 9.88 Å². The lowest BCUT2D eigenvalue weighted by Crippen LogP contribution is -2.42. The summed E-state index contributed by atoms with van der Waals surface area (Å²) in [6, 6.07) is 0.736. The van der Waals surface area contributed by atoms with Crippen LogP contribution in [-0.4, -0.2) is 40.0 Å². The van der Waals surface area contributed by atoms with Gasteiger partial charge in [-0.1, -0.05) is 6.92 Å². The summed E-state index contributed by atoms with van der Waals surface area (Å²) in [5.41, 5.74) is 0.405. The van der Waals surface area contributed by atoms with Gasteiger partial charge in [0.25, 0.3) is 5.91 Å². The maximum Gasteiger partial charge on any atom is 0.326 e. The van der Waals surface area contributed by atoms with Gasteiger partial charge >= 0.3 is 5.97 Å². The molecule has 1 aromatic rings. The summed E-state index contributed by atoms with van der Waals surface area (Å²) in [6.45, 7) is 1.73. The zero-order valence-corrected chi connectivity index (χ0v) is 11.1. The van der Waals surface area contributed by atoms with Crippen molar-refractivity contribution in [2.45, 2.75) is 19.4 Å². The number of hydrogen-bond donors (Lipinski definition) is 1. The van der Waals surface area contributed by atoms with Crippen LogP contribution in [0.4, 0.5) is 0 Å². The molecule has 0 aliphatic carbocycles. The number of amides is 1. The van der Waals surface area contributed by atoms with Crippen LogP contribution < -0.4 is 0 Å². The van der Waals surface area contributed by atoms with E-state index in [1.54, 1.807) is 13.0 Å². The molecule has 17 heavy (non-hydrogen) atoms. The number of nitrogens with zero attached hydrogens (tertiary/aromatic N) is 2. The average Bonchev–Trinajstić information content (AvgIpc) is 2.29. The minimum Gasteiger partial charge on any atom is -0.480 e. The number of carbonyl (C=O) groups is 2. The van der Waals surface area contributed by atoms with Crippen LogP contribution >= 0.6 is 15.9 Å². The zero-order valence-electron chi connectivity index (χ0n) is 9.55. The minimum absolute atomic E-state index is 0.339. The molecule has 6 heteroatoms. The van der Waals surface area contributed by atoms with Gasteiger partial charge in [0, 0.05) is 23.9 Å². The maximum absolute atomic E-state index is 12.1. The molecule has 1 rings (SSSR count). The zero-order chi connectivity index (χ0) is 13.0. The van der Waals surface area contributed by atoms with Crippen molar-refractivity contribution in [3.63, 3.8) is 0 Å². The smallest absolute Gasteiger partial charge is 0.326 e. The number of rotatable bonds is 4. The van der Waals surface area contributed by atoms with Gasteiger partial charge in [-0.3, -0.25) is 9.78 Å². The van der Waals surface area contributed by atoms with Gasteiger partial charge in [0.2, 0.25) is 0 Å². The highest BCUT2D eigenvalue weighted by Gasteiger charge is 2.26. The predicted octanol–water partition coefficient (Wildman–Crippen LogP) is 1.78. The standard InChI is InChI=1S/C11H13BrN2O3/c1-3-9(11(16)17)14(2)10(15)7-4-5-13-6-8(7)12/h4-6,9H,3H2,1-2H3,(H,16,17). The Morgan fingerprint density at radius 1 is 1.59 bits per heavy atom. The van der Waals surface area contributed by atoms with Crippen molar-refractivity contribution in [2.24, 2.45) is 0 Å². The van der Waals surface area contributed by atoms with Gasteiger partial charge in [0.05, 0.1) is 5.56 Å². The second kappa shape index (κ2) is 5.77. The third kappa shape index (κ3) is 3.03. The van der Waals surface area contributed by atoms with E-state index in [0.29, 0.717) is 16.5 Å². The Labute approximate surface area is 108 Å². The summed E-state index contributed by atoms with van der Waals surface area (Å²) < 4.78 is 0.553. The summed E-state index contributed by atoms with van der Waals surface area (Å²) in [4.78, 5) is 28.1. The number of pyridine rings is 1. The molecule has 0 aromatic carbocycles. The summed E-state index contributed by atoms with van der Waals surface area (Å²) in [5.74, 6) is -1.35. The van der Waals surface area contributed by atoms with Crippen LogP contribution in [0.25, 0.3) is 0 Å². The lowest BCUT2D eigenvalue weighted by atomic mass is 10.1. The van der Waals surface area contributed by atoms with Crippen molar-refractivity contribution < 1.29 is 14.7 Å². The van der Waals surface area contributed by atoms with Gasteiger partial charge in [0.1, 0.15) is 6.04 Å². The molecule has 5 nitrogen and oxygen atoms in total. The minimum atomic E-state index is -1.01. The predicted molar refractivity (Wildman–Crippen MR) is 65.7 cm³/mol. The molecule has 1 unspecified atom stereocenters. The van der Waals surface area contributed by atoms with E-state index in [9.17, 15) is 9.59 Å². The quantitative estimate of drug-likeness (QED) is 0.920. The SMILES string of the molecule is CCC(C(=O)O)N(C)C(=O)c1ccncc1Br. The third-order valence-electron chi connectivity index (χ3n) is 2.46. The van der Waals surface area contributed by atoms with Gasteiger partial charge in [-0.15, -0.1) is 0 Å². The first-order valence-corrected chi connectivity index (χ1v) is 5.87. The Morgan fingerprint density at radius 2 is 2.24 bits per heavy atom. The first-order valence-electron chi connectivity index (χ1n) is 5.08. The molecule has 0 fully saturated rings. The van der Waals surface area contributed by atoms with Gasteiger partial charge in [-0.05, 0) is 28.4 Å². The molecule has 0 saturated heterocycles. The average molecular weight is 301 g/mol. The van der Waals surface area contributed by atoms with Crippen LogP contribution in [0.3, 0.4) is 0 Å². The summed E-state index contributed by atoms with van der Waals surface area (Å²) >= 11 is 3.22. The molecule has 1 atom stereocenters. The van der Waals surface area contributed by atoms with Crippen LogP contribution in [0.5, 0.6) is 0 Å². The van der Waals surface area contributed by atoms with E-state index in [1.165, 1.54) is 24.3 Å². The van der Waals surface area contributed by atoms with Gasteiger partial charge in [-0.25, -0.2) is 4.79 Å². The van der Waals surface area contributed by atoms with Crippen molar-refractivity contribution in [2.75, 3.05) is 7.05 Å². The maximum atomic E-state index is 12.1. The number of carboxylic acid groups (broad SMARTS) is 1. The molecule has 92 valence electrons. The molecule has 0 bridgehead atoms. The molecule has 1 heterocycles. The fourth-order valence-corrected chi connectivity index (χ4v) is 1.91. The summed E-state index contributed by atoms with van der Waals surface area (Å²) in [7, 11) is 1.48. The lowest BCUT2D eigenvalue weighted by Gasteiger charge is -2.24. The molecule has 0 aliphatic heterocycles. The Hall–Kier alpha value is -1.43. The van der Waals surface area contributed by atoms with Crippen LogP contribution in [0.2, 0.25) is 0 Å². The monoisotopic (exact) mass is 300 g/mol. The summed E-state index contributed by atoms with van der Waals surface area (Å²) in [6.07, 6.45) is 3.36. The highest BCUT2D eigenvalue weighted by molar-refractivity contribution is 9.10. The number of aromatic nitrogens is 1. The van der Waals surface area contributed by atoms with E-state index in [0.717, 1.165) is 0 Å². The van der Waals surface area contributed by atoms with E-state index in [-0.39, 0.29) is 5.91 Å². The molecular weight excluding hydrogens is 288 g/mol. The first kappa shape index (κ1) is 13.6. The number of likely N-dealkylation sites (N-methyl/N-ethyl adjacent to an activating group) is 1. The Kier molecular flexibility index (Phi) is 4.62. The van der Waals surface area contributed by atoms with Crippen LogP contribution in [0.1, 0.15) is 23.7 Å². The topological polar surface area (TPSA) is 70.5 Å². The molecule has 1 amide bonds. The van der Waals surface area contributed by atoms with Gasteiger partial charge in [0.15, 0.2) is 0 Å². The molecule has 1 aromatic heterocycles. The number of hydrogen-bond acceptors (Lipinski definition) is 3. The molecule has 1 N–H and O–H groups in total. The largest absolute Gasteiger partial charge is 0.480 e. The number of halogens is 1. The van der Waals surface area contributed by atoms with E-state index in [4.69, 9.17) is 5.11 Å². The van der Waals surface area contributed by atoms with Crippen LogP contribution in [-0.2, 0) is 4.79 Å². The highest BCUT2D eigenvalue weighted by Crippen LogP contribution is 2.17. The van der Waals surface area contributed by atoms with E-state index in [2.05, 4.69) is 20.9 Å². The first-order chi connectivity index (χ1) is 7.99. The van der Waals surface area contributed by atoms with Crippen molar-refractivity contribution in [1.29, 1.82) is 0 Å². The molecular formula is C11H13BrN2O3. The van der Waals surface area contributed by atoms with Crippen molar-refractivity contribution >= 4 is 27.8 Å². The fraction of sp³-hybridized carbons (Fsp3) is 0.364. The van der Waals surface area contributed by atoms with Crippen molar-refractivity contribution in [3.05, 3.63) is 28.5 Å². The summed E-state index contributed by atoms with van der Waals surface area (Å²) in [5, 5.41) is 8.99. The Balaban J connectivity index is 2.98. The Bertz CT molecular complexity index is 436. The number of carboxylic acids is 1. The van der Waals surface area contributed by atoms with Crippen molar-refractivity contribution in [3.8, 4) is 0 Å². The Morgan fingerprint density at radius 3 is 2.71 bits per heavy atom. The van der Waals surface area contributed by atoms with E-state index in [1.807, 2.05) is 0 Å². The number of aliphatic carboxylic acids is 1. The lowest BCUT2D eigenvalue weighted by molar-refractivity contribution is -0.142. The molecule has 0 saturated carbocycles. The second-order valence-electron chi connectivity index (χ2n) is 3.53.